The number of carbonyl (C=O) groups is 8. The van der Waals surface area contributed by atoms with E-state index in [1.165, 1.54) is 76.2 Å². The van der Waals surface area contributed by atoms with Crippen LogP contribution in [0.2, 0.25) is 5.02 Å². The molecule has 1 unspecified atom stereocenters. The number of fused-ring (bicyclic) bond motifs is 5. The Kier molecular flexibility index (Phi) is 24.2. The maximum Gasteiger partial charge on any atom is 0.413 e. The quantitative estimate of drug-likeness (QED) is 0.0323. The number of benzene rings is 2. The van der Waals surface area contributed by atoms with E-state index in [1.54, 1.807) is 44.2 Å². The van der Waals surface area contributed by atoms with Crippen LogP contribution in [0, 0.1) is 5.92 Å². The molecule has 29 heteroatoms. The van der Waals surface area contributed by atoms with Gasteiger partial charge in [0.05, 0.1) is 43.5 Å². The molecule has 28 nitrogen and oxygen atoms in total. The van der Waals surface area contributed by atoms with E-state index in [2.05, 4.69) is 16.0 Å². The molecule has 2 saturated heterocycles. The fraction of sp³-hybridized carbons (Fsp3) is 0.524. The Bertz CT molecular complexity index is 3260. The van der Waals surface area contributed by atoms with Gasteiger partial charge in [-0.15, -0.1) is 4.73 Å². The minimum absolute atomic E-state index is 0.0203. The maximum absolute atomic E-state index is 14.4. The molecule has 7 rings (SSSR count). The van der Waals surface area contributed by atoms with Crippen molar-refractivity contribution in [3.05, 3.63) is 94.6 Å². The zero-order valence-corrected chi connectivity index (χ0v) is 54.0. The Morgan fingerprint density at radius 3 is 2.34 bits per heavy atom. The zero-order valence-electron chi connectivity index (χ0n) is 53.3. The number of hydrogen-bond acceptors (Lipinski definition) is 21. The molecule has 0 saturated carbocycles. The third-order valence-corrected chi connectivity index (χ3v) is 16.9. The highest BCUT2D eigenvalue weighted by Gasteiger charge is 2.64. The van der Waals surface area contributed by atoms with Crippen LogP contribution >= 0.6 is 11.6 Å². The summed E-state index contributed by atoms with van der Waals surface area (Å²) >= 11 is 6.83. The number of nitrogens with zero attached hydrogens (tertiary/aromatic N) is 5. The molecule has 502 valence electrons. The Hall–Kier alpha value is -8.73. The molecule has 4 bridgehead atoms. The molecule has 3 aromatic rings. The van der Waals surface area contributed by atoms with Crippen LogP contribution in [-0.4, -0.2) is 199 Å². The van der Waals surface area contributed by atoms with E-state index < -0.39 is 127 Å². The first-order valence-corrected chi connectivity index (χ1v) is 30.5. The summed E-state index contributed by atoms with van der Waals surface area (Å²) in [6.07, 6.45) is 5.87. The second-order valence-corrected chi connectivity index (χ2v) is 23.7. The molecule has 0 radical (unpaired) electrons. The third-order valence-electron chi connectivity index (χ3n) is 16.5. The molecule has 9 atom stereocenters. The SMILES string of the molecule is COc1cc2cc(c1Cl)N(C)C(=O)C[C@H](OC(=O)[C@H](C)N(C)C(=O)CCOC(=O)N(C)CCN(C)C(=O)OCc1ccc(OC(=O)NC3C=CCCCCC3)c(NCC(=O)On3c(O)ccc3O)c1)[C@]1(C)O[C@H]1[C@H](C)[C@@H]1C[C@@](O)(NC(=O)O1)[C@H](OC)C=CC=C(C)C2. The number of aliphatic hydroxyl groups is 1. The van der Waals surface area contributed by atoms with Gasteiger partial charge in [0, 0.05) is 72.9 Å². The topological polar surface area (TPSA) is 338 Å². The average Bonchev–Trinajstić information content (AvgIpc) is 1.57. The number of rotatable bonds is 19. The van der Waals surface area contributed by atoms with Gasteiger partial charge in [-0.05, 0) is 81.8 Å². The van der Waals surface area contributed by atoms with E-state index in [0.717, 1.165) is 60.3 Å². The van der Waals surface area contributed by atoms with Crippen LogP contribution in [0.4, 0.5) is 30.6 Å². The lowest BCUT2D eigenvalue weighted by Gasteiger charge is -2.42. The van der Waals surface area contributed by atoms with Crippen molar-refractivity contribution < 1.29 is 96.4 Å². The van der Waals surface area contributed by atoms with Crippen molar-refractivity contribution >= 4 is 71.1 Å². The van der Waals surface area contributed by atoms with Crippen molar-refractivity contribution in [2.24, 2.45) is 5.92 Å². The lowest BCUT2D eigenvalue weighted by molar-refractivity contribution is -0.162. The van der Waals surface area contributed by atoms with Crippen LogP contribution < -0.4 is 35.2 Å². The van der Waals surface area contributed by atoms with Crippen LogP contribution in [0.15, 0.2) is 78.4 Å². The predicted octanol–water partition coefficient (Wildman–Crippen LogP) is 6.50. The number of likely N-dealkylation sites (N-methyl/N-ethyl adjacent to an activating group) is 3. The minimum atomic E-state index is -1.91. The van der Waals surface area contributed by atoms with Gasteiger partial charge in [0.2, 0.25) is 23.6 Å². The Morgan fingerprint density at radius 2 is 1.64 bits per heavy atom. The number of carbonyl (C=O) groups excluding carboxylic acids is 8. The summed E-state index contributed by atoms with van der Waals surface area (Å²) in [5, 5.41) is 40.0. The van der Waals surface area contributed by atoms with Gasteiger partial charge in [-0.1, -0.05) is 73.4 Å². The molecule has 1 aliphatic carbocycles. The van der Waals surface area contributed by atoms with Gasteiger partial charge >= 0.3 is 36.3 Å². The van der Waals surface area contributed by atoms with Crippen molar-refractivity contribution in [2.45, 2.75) is 140 Å². The Morgan fingerprint density at radius 1 is 0.935 bits per heavy atom. The molecular weight excluding hydrogens is 1220 g/mol. The van der Waals surface area contributed by atoms with Crippen LogP contribution in [0.1, 0.15) is 90.2 Å². The number of amides is 6. The molecule has 4 heterocycles. The number of halogens is 1. The van der Waals surface area contributed by atoms with Gasteiger partial charge in [-0.25, -0.2) is 28.8 Å². The average molecular weight is 1310 g/mol. The number of alkyl carbamates (subject to hydrolysis) is 1. The first kappa shape index (κ1) is 70.7. The Balaban J connectivity index is 0.927. The highest BCUT2D eigenvalue weighted by molar-refractivity contribution is 6.35. The van der Waals surface area contributed by atoms with Crippen molar-refractivity contribution in [1.29, 1.82) is 0 Å². The van der Waals surface area contributed by atoms with Gasteiger partial charge in [-0.2, -0.15) is 0 Å². The third kappa shape index (κ3) is 18.3. The number of aromatic hydroxyl groups is 2. The second kappa shape index (κ2) is 31.5. The van der Waals surface area contributed by atoms with Gasteiger partial charge in [0.15, 0.2) is 11.5 Å². The summed E-state index contributed by atoms with van der Waals surface area (Å²) in [5.41, 5.74) is -0.806. The van der Waals surface area contributed by atoms with E-state index in [-0.39, 0.29) is 55.0 Å². The highest BCUT2D eigenvalue weighted by Crippen LogP contribution is 2.49. The van der Waals surface area contributed by atoms with Crippen LogP contribution in [0.25, 0.3) is 0 Å². The van der Waals surface area contributed by atoms with Crippen molar-refractivity contribution in [3.8, 4) is 23.3 Å². The van der Waals surface area contributed by atoms with Gasteiger partial charge in [0.25, 0.3) is 0 Å². The number of hydrogen-bond donors (Lipinski definition) is 6. The molecule has 0 spiro atoms. The molecule has 6 amide bonds. The van der Waals surface area contributed by atoms with E-state index >= 15 is 0 Å². The van der Waals surface area contributed by atoms with Gasteiger partial charge < -0.3 is 88.3 Å². The summed E-state index contributed by atoms with van der Waals surface area (Å²) in [4.78, 5) is 117. The van der Waals surface area contributed by atoms with E-state index in [4.69, 9.17) is 54.3 Å². The normalized spacial score (nSPS) is 23.5. The van der Waals surface area contributed by atoms with E-state index in [9.17, 15) is 53.7 Å². The zero-order chi connectivity index (χ0) is 67.2. The first-order chi connectivity index (χ1) is 43.6. The molecule has 6 N–H and O–H groups in total. The number of anilines is 2. The maximum atomic E-state index is 14.4. The highest BCUT2D eigenvalue weighted by atomic mass is 35.5. The number of aromatic nitrogens is 1. The van der Waals surface area contributed by atoms with Crippen molar-refractivity contribution in [1.82, 2.24) is 30.1 Å². The monoisotopic (exact) mass is 1310 g/mol. The van der Waals surface area contributed by atoms with Gasteiger partial charge in [0.1, 0.15) is 60.5 Å². The van der Waals surface area contributed by atoms with Crippen molar-refractivity contribution in [3.63, 3.8) is 0 Å². The smallest absolute Gasteiger partial charge is 0.413 e. The fourth-order valence-electron chi connectivity index (χ4n) is 10.7. The molecule has 1 aromatic heterocycles. The van der Waals surface area contributed by atoms with Crippen LogP contribution in [-0.2, 0) is 60.6 Å². The Labute approximate surface area is 538 Å². The largest absolute Gasteiger partial charge is 0.495 e. The molecule has 2 fully saturated rings. The number of epoxide rings is 1. The van der Waals surface area contributed by atoms with Crippen molar-refractivity contribution in [2.75, 3.05) is 78.9 Å². The second-order valence-electron chi connectivity index (χ2n) is 23.4. The minimum Gasteiger partial charge on any atom is -0.495 e. The molecule has 4 aliphatic rings. The number of ether oxygens (including phenoxy) is 8. The lowest BCUT2D eigenvalue weighted by atomic mass is 9.83. The van der Waals surface area contributed by atoms with Crippen LogP contribution in [0.5, 0.6) is 23.3 Å². The van der Waals surface area contributed by atoms with E-state index in [0.29, 0.717) is 28.2 Å². The van der Waals surface area contributed by atoms with Crippen LogP contribution in [0.3, 0.4) is 0 Å². The predicted molar refractivity (Wildman–Crippen MR) is 332 cm³/mol. The fourth-order valence-corrected chi connectivity index (χ4v) is 11.0. The summed E-state index contributed by atoms with van der Waals surface area (Å²) in [5.74, 6) is -4.35. The first-order valence-electron chi connectivity index (χ1n) is 30.1. The number of esters is 1. The summed E-state index contributed by atoms with van der Waals surface area (Å²) in [6.45, 7) is 5.45. The lowest BCUT2D eigenvalue weighted by Crippen LogP contribution is -2.63. The molecule has 2 aromatic carbocycles. The van der Waals surface area contributed by atoms with Gasteiger partial charge in [-0.3, -0.25) is 14.9 Å². The number of methoxy groups -OCH3 is 2. The molecule has 92 heavy (non-hydrogen) atoms. The molecule has 3 aliphatic heterocycles. The summed E-state index contributed by atoms with van der Waals surface area (Å²) < 4.78 is 46.5. The van der Waals surface area contributed by atoms with E-state index in [1.807, 2.05) is 25.2 Å². The molecular formula is C63H83ClN8O20. The summed E-state index contributed by atoms with van der Waals surface area (Å²) in [6, 6.07) is 8.70. The standard InChI is InChI=1S/C63H83ClN8O20/c1-37-17-16-20-48(85-10)63(83)34-47(89-59(80)67-63)38(2)56-62(4,91-56)49(33-53(76)71(8)44-31-41(29-37)32-46(84-9)55(44)64)90-57(78)39(3)70(7)50(73)25-28-86-60(81)68(5)26-27-69(6)61(82)87-36-40-21-22-45(88-58(79)66-42-18-14-12-11-13-15-19-42)43(30-40)65-35-54(77)92-72-51(74)23-24-52(72)75/h14,16-18,20-24,30-32,38-39,42,47-49,56,65,74-75,83H,11-13,15,19,25-29,33-36H2,1-10H3,(H,66,79)(H,67,80)/t38-,39+,42?,47+,48-,49+,56+,62+,63+/m1/s1. The number of allylic oxidation sites excluding steroid dienone is 4. The summed E-state index contributed by atoms with van der Waals surface area (Å²) in [7, 11) is 8.59. The number of nitrogens with one attached hydrogen (secondary N) is 3.